The van der Waals surface area contributed by atoms with Gasteiger partial charge in [0.2, 0.25) is 0 Å². The molecule has 0 atom stereocenters. The third kappa shape index (κ3) is 2.20. The van der Waals surface area contributed by atoms with E-state index in [0.29, 0.717) is 18.2 Å². The Balaban J connectivity index is 1.59. The van der Waals surface area contributed by atoms with Crippen molar-refractivity contribution in [2.45, 2.75) is 38.0 Å². The molecule has 2 aliphatic rings. The van der Waals surface area contributed by atoms with Gasteiger partial charge >= 0.3 is 0 Å². The van der Waals surface area contributed by atoms with Gasteiger partial charge in [0, 0.05) is 24.1 Å². The molecule has 0 bridgehead atoms. The van der Waals surface area contributed by atoms with E-state index in [1.165, 1.54) is 0 Å². The first-order chi connectivity index (χ1) is 10.7. The lowest BCUT2D eigenvalue weighted by Crippen LogP contribution is -2.44. The van der Waals surface area contributed by atoms with Crippen LogP contribution in [0.4, 0.5) is 0 Å². The minimum Gasteiger partial charge on any atom is -0.396 e. The highest BCUT2D eigenvalue weighted by atomic mass is 16.3. The minimum absolute atomic E-state index is 0.107. The molecule has 2 aromatic heterocycles. The van der Waals surface area contributed by atoms with Crippen LogP contribution in [0.25, 0.3) is 5.52 Å². The van der Waals surface area contributed by atoms with E-state index in [9.17, 15) is 9.90 Å². The molecule has 2 heterocycles. The van der Waals surface area contributed by atoms with Gasteiger partial charge in [-0.15, -0.1) is 0 Å². The third-order valence-electron chi connectivity index (χ3n) is 5.11. The first-order valence-corrected chi connectivity index (χ1v) is 8.08. The Bertz CT molecular complexity index is 708. The molecule has 2 aromatic rings. The van der Waals surface area contributed by atoms with Gasteiger partial charge in [0.05, 0.1) is 12.1 Å². The fourth-order valence-electron chi connectivity index (χ4n) is 3.28. The largest absolute Gasteiger partial charge is 0.396 e. The Morgan fingerprint density at radius 2 is 2.23 bits per heavy atom. The summed E-state index contributed by atoms with van der Waals surface area (Å²) in [5, 5.41) is 12.5. The second kappa shape index (κ2) is 5.09. The van der Waals surface area contributed by atoms with Crippen LogP contribution in [0.1, 0.15) is 54.3 Å². The number of hydrogen-bond acceptors (Lipinski definition) is 3. The summed E-state index contributed by atoms with van der Waals surface area (Å²) >= 11 is 0. The number of carbonyl (C=O) groups excluding carboxylic acids is 1. The Kier molecular flexibility index (Phi) is 3.18. The standard InChI is InChI=1S/C17H21N3O2/c21-11-17(7-3-8-17)10-18-16(22)14-13-4-1-2-9-20(13)15(19-14)12-5-6-12/h1-2,4,9,12,21H,3,5-8,10-11H2,(H,18,22). The first-order valence-electron chi connectivity index (χ1n) is 8.08. The van der Waals surface area contributed by atoms with Crippen molar-refractivity contribution in [3.63, 3.8) is 0 Å². The molecule has 0 aliphatic heterocycles. The highest BCUT2D eigenvalue weighted by Crippen LogP contribution is 2.41. The number of carbonyl (C=O) groups is 1. The van der Waals surface area contributed by atoms with Gasteiger partial charge in [0.1, 0.15) is 5.82 Å². The molecule has 2 aliphatic carbocycles. The molecule has 5 nitrogen and oxygen atoms in total. The highest BCUT2D eigenvalue weighted by molar-refractivity contribution is 5.99. The summed E-state index contributed by atoms with van der Waals surface area (Å²) in [7, 11) is 0. The maximum atomic E-state index is 12.5. The van der Waals surface area contributed by atoms with E-state index in [1.54, 1.807) is 0 Å². The number of fused-ring (bicyclic) bond motifs is 1. The Labute approximate surface area is 129 Å². The van der Waals surface area contributed by atoms with Crippen LogP contribution in [0.15, 0.2) is 24.4 Å². The summed E-state index contributed by atoms with van der Waals surface area (Å²) in [6, 6.07) is 5.85. The molecule has 116 valence electrons. The summed E-state index contributed by atoms with van der Waals surface area (Å²) in [6.07, 6.45) is 7.40. The lowest BCUT2D eigenvalue weighted by atomic mass is 9.69. The van der Waals surface area contributed by atoms with E-state index < -0.39 is 0 Å². The molecular formula is C17H21N3O2. The van der Waals surface area contributed by atoms with Crippen LogP contribution in [0.3, 0.4) is 0 Å². The molecule has 0 radical (unpaired) electrons. The second-order valence-electron chi connectivity index (χ2n) is 6.74. The average molecular weight is 299 g/mol. The number of nitrogens with one attached hydrogen (secondary N) is 1. The van der Waals surface area contributed by atoms with Crippen molar-refractivity contribution >= 4 is 11.4 Å². The zero-order chi connectivity index (χ0) is 15.2. The molecule has 2 saturated carbocycles. The number of nitrogens with zero attached hydrogens (tertiary/aromatic N) is 2. The first kappa shape index (κ1) is 13.8. The van der Waals surface area contributed by atoms with Gasteiger partial charge in [-0.3, -0.25) is 4.79 Å². The molecule has 2 N–H and O–H groups in total. The van der Waals surface area contributed by atoms with E-state index in [1.807, 2.05) is 28.8 Å². The average Bonchev–Trinajstić information content (AvgIpc) is 3.27. The van der Waals surface area contributed by atoms with Crippen LogP contribution in [0, 0.1) is 5.41 Å². The van der Waals surface area contributed by atoms with Crippen molar-refractivity contribution in [2.75, 3.05) is 13.2 Å². The number of aliphatic hydroxyl groups is 1. The maximum absolute atomic E-state index is 12.5. The SMILES string of the molecule is O=C(NCC1(CO)CCC1)c1nc(C2CC2)n2ccccc12. The predicted octanol–water partition coefficient (Wildman–Crippen LogP) is 2.10. The number of amides is 1. The lowest BCUT2D eigenvalue weighted by Gasteiger charge is -2.40. The molecule has 22 heavy (non-hydrogen) atoms. The van der Waals surface area contributed by atoms with E-state index in [2.05, 4.69) is 10.3 Å². The zero-order valence-corrected chi connectivity index (χ0v) is 12.6. The number of rotatable bonds is 5. The van der Waals surface area contributed by atoms with Gasteiger partial charge in [-0.1, -0.05) is 12.5 Å². The molecule has 1 amide bonds. The summed E-state index contributed by atoms with van der Waals surface area (Å²) in [5.74, 6) is 1.36. The fourth-order valence-corrected chi connectivity index (χ4v) is 3.28. The molecule has 0 saturated heterocycles. The maximum Gasteiger partial charge on any atom is 0.272 e. The van der Waals surface area contributed by atoms with Gasteiger partial charge in [0.25, 0.3) is 5.91 Å². The molecule has 0 spiro atoms. The minimum atomic E-state index is -0.129. The Morgan fingerprint density at radius 1 is 1.41 bits per heavy atom. The van der Waals surface area contributed by atoms with Crippen LogP contribution < -0.4 is 5.32 Å². The van der Waals surface area contributed by atoms with Gasteiger partial charge in [-0.25, -0.2) is 4.98 Å². The van der Waals surface area contributed by atoms with Crippen molar-refractivity contribution < 1.29 is 9.90 Å². The fraction of sp³-hybridized carbons (Fsp3) is 0.529. The molecule has 0 aromatic carbocycles. The second-order valence-corrected chi connectivity index (χ2v) is 6.74. The molecular weight excluding hydrogens is 278 g/mol. The van der Waals surface area contributed by atoms with E-state index >= 15 is 0 Å². The lowest BCUT2D eigenvalue weighted by molar-refractivity contribution is 0.0428. The number of hydrogen-bond donors (Lipinski definition) is 2. The summed E-state index contributed by atoms with van der Waals surface area (Å²) in [4.78, 5) is 17.2. The van der Waals surface area contributed by atoms with Crippen LogP contribution in [0.2, 0.25) is 0 Å². The monoisotopic (exact) mass is 299 g/mol. The molecule has 5 heteroatoms. The van der Waals surface area contributed by atoms with Gasteiger partial charge in [0.15, 0.2) is 5.69 Å². The van der Waals surface area contributed by atoms with Crippen molar-refractivity contribution in [1.82, 2.24) is 14.7 Å². The molecule has 0 unspecified atom stereocenters. The normalized spacial score (nSPS) is 19.9. The molecule has 2 fully saturated rings. The Morgan fingerprint density at radius 3 is 2.86 bits per heavy atom. The quantitative estimate of drug-likeness (QED) is 0.888. The summed E-state index contributed by atoms with van der Waals surface area (Å²) in [5.41, 5.74) is 1.27. The number of imidazole rings is 1. The smallest absolute Gasteiger partial charge is 0.272 e. The number of aromatic nitrogens is 2. The predicted molar refractivity (Wildman–Crippen MR) is 82.9 cm³/mol. The number of pyridine rings is 1. The summed E-state index contributed by atoms with van der Waals surface area (Å²) < 4.78 is 2.04. The Hall–Kier alpha value is -1.88. The van der Waals surface area contributed by atoms with Crippen molar-refractivity contribution in [1.29, 1.82) is 0 Å². The van der Waals surface area contributed by atoms with Crippen LogP contribution >= 0.6 is 0 Å². The van der Waals surface area contributed by atoms with Crippen LogP contribution in [-0.2, 0) is 0 Å². The molecule has 4 rings (SSSR count). The topological polar surface area (TPSA) is 66.6 Å². The summed E-state index contributed by atoms with van der Waals surface area (Å²) in [6.45, 7) is 0.678. The third-order valence-corrected chi connectivity index (χ3v) is 5.11. The van der Waals surface area contributed by atoms with Crippen molar-refractivity contribution in [3.05, 3.63) is 35.9 Å². The van der Waals surface area contributed by atoms with E-state index in [4.69, 9.17) is 0 Å². The van der Waals surface area contributed by atoms with Gasteiger partial charge in [-0.05, 0) is 37.8 Å². The highest BCUT2D eigenvalue weighted by Gasteiger charge is 2.37. The van der Waals surface area contributed by atoms with Crippen molar-refractivity contribution in [2.24, 2.45) is 5.41 Å². The van der Waals surface area contributed by atoms with Crippen LogP contribution in [0.5, 0.6) is 0 Å². The van der Waals surface area contributed by atoms with Crippen LogP contribution in [-0.4, -0.2) is 33.6 Å². The number of aliphatic hydroxyl groups excluding tert-OH is 1. The zero-order valence-electron chi connectivity index (χ0n) is 12.6. The van der Waals surface area contributed by atoms with Crippen molar-refractivity contribution in [3.8, 4) is 0 Å². The van der Waals surface area contributed by atoms with Gasteiger partial charge in [-0.2, -0.15) is 0 Å². The van der Waals surface area contributed by atoms with Gasteiger partial charge < -0.3 is 14.8 Å². The van der Waals surface area contributed by atoms with E-state index in [0.717, 1.165) is 43.4 Å². The van der Waals surface area contributed by atoms with E-state index in [-0.39, 0.29) is 17.9 Å².